The normalized spacial score (nSPS) is 17.9. The molecule has 7 heteroatoms. The molecule has 0 bridgehead atoms. The van der Waals surface area contributed by atoms with Crippen molar-refractivity contribution >= 4 is 33.3 Å². The number of hydrogen-bond donors (Lipinski definition) is 0. The van der Waals surface area contributed by atoms with Crippen LogP contribution in [0.1, 0.15) is 16.7 Å². The lowest BCUT2D eigenvalue weighted by Gasteiger charge is -2.36. The van der Waals surface area contributed by atoms with E-state index in [0.717, 1.165) is 0 Å². The van der Waals surface area contributed by atoms with E-state index in [4.69, 9.17) is 32.1 Å². The van der Waals surface area contributed by atoms with E-state index >= 15 is 0 Å². The van der Waals surface area contributed by atoms with Gasteiger partial charge in [-0.15, -0.1) is 0 Å². The summed E-state index contributed by atoms with van der Waals surface area (Å²) >= 11 is 12.2. The van der Waals surface area contributed by atoms with Crippen LogP contribution < -0.4 is 4.74 Å². The van der Waals surface area contributed by atoms with Crippen LogP contribution in [-0.2, 0) is 19.9 Å². The highest BCUT2D eigenvalue weighted by molar-refractivity contribution is 7.87. The Kier molecular flexibility index (Phi) is 3.25. The summed E-state index contributed by atoms with van der Waals surface area (Å²) in [6.07, 6.45) is 0. The van der Waals surface area contributed by atoms with Gasteiger partial charge in [-0.1, -0.05) is 53.5 Å². The number of halogens is 2. The van der Waals surface area contributed by atoms with Crippen molar-refractivity contribution in [1.29, 1.82) is 0 Å². The van der Waals surface area contributed by atoms with Crippen LogP contribution in [0.5, 0.6) is 11.5 Å². The topological polar surface area (TPSA) is 52.6 Å². The Labute approximate surface area is 160 Å². The van der Waals surface area contributed by atoms with Crippen LogP contribution in [0.3, 0.4) is 0 Å². The second-order valence-electron chi connectivity index (χ2n) is 6.10. The van der Waals surface area contributed by atoms with Gasteiger partial charge in [-0.25, -0.2) is 4.18 Å². The summed E-state index contributed by atoms with van der Waals surface area (Å²) in [5, 5.41) is 0.942. The van der Waals surface area contributed by atoms with Gasteiger partial charge >= 0.3 is 0 Å². The fourth-order valence-electron chi connectivity index (χ4n) is 3.62. The molecule has 3 aromatic rings. The van der Waals surface area contributed by atoms with E-state index in [1.165, 1.54) is 0 Å². The molecule has 26 heavy (non-hydrogen) atoms. The van der Waals surface area contributed by atoms with Crippen molar-refractivity contribution in [1.82, 2.24) is 0 Å². The highest BCUT2D eigenvalue weighted by Gasteiger charge is 2.55. The Morgan fingerprint density at radius 2 is 1.35 bits per heavy atom. The first-order chi connectivity index (χ1) is 12.4. The number of hydrogen-bond acceptors (Lipinski definition) is 4. The second kappa shape index (κ2) is 5.24. The van der Waals surface area contributed by atoms with Gasteiger partial charge in [0.15, 0.2) is 5.60 Å². The van der Waals surface area contributed by atoms with Crippen molar-refractivity contribution in [3.63, 3.8) is 0 Å². The maximum absolute atomic E-state index is 12.8. The molecule has 0 amide bonds. The van der Waals surface area contributed by atoms with E-state index in [1.54, 1.807) is 60.7 Å². The molecule has 0 radical (unpaired) electrons. The molecule has 0 fully saturated rings. The van der Waals surface area contributed by atoms with Gasteiger partial charge in [0, 0.05) is 26.7 Å². The van der Waals surface area contributed by atoms with Crippen molar-refractivity contribution in [2.24, 2.45) is 0 Å². The minimum absolute atomic E-state index is 0.142. The van der Waals surface area contributed by atoms with Gasteiger partial charge in [0.2, 0.25) is 0 Å². The monoisotopic (exact) mass is 404 g/mol. The molecule has 0 saturated heterocycles. The van der Waals surface area contributed by atoms with Gasteiger partial charge in [0.25, 0.3) is 10.1 Å². The quantitative estimate of drug-likeness (QED) is 0.488. The van der Waals surface area contributed by atoms with E-state index in [2.05, 4.69) is 0 Å². The number of benzene rings is 3. The zero-order valence-corrected chi connectivity index (χ0v) is 15.4. The molecule has 5 rings (SSSR count). The van der Waals surface area contributed by atoms with Crippen molar-refractivity contribution in [2.75, 3.05) is 0 Å². The summed E-state index contributed by atoms with van der Waals surface area (Å²) < 4.78 is 37.3. The molecule has 0 N–H and O–H groups in total. The Balaban J connectivity index is 1.95. The minimum atomic E-state index is -3.94. The Morgan fingerprint density at radius 1 is 0.769 bits per heavy atom. The standard InChI is InChI=1S/C19H10Cl2O4S/c20-11-5-7-13-16(9-11)24-17-10-12(21)6-8-14(17)19(13)15-3-1-2-4-18(15)26(22,23)25-19/h1-10H. The summed E-state index contributed by atoms with van der Waals surface area (Å²) in [5.74, 6) is 0.860. The lowest BCUT2D eigenvalue weighted by atomic mass is 9.78. The molecule has 0 saturated carbocycles. The second-order valence-corrected chi connectivity index (χ2v) is 8.49. The first kappa shape index (κ1) is 16.1. The van der Waals surface area contributed by atoms with Crippen molar-refractivity contribution < 1.29 is 17.3 Å². The van der Waals surface area contributed by atoms with E-state index in [-0.39, 0.29) is 4.90 Å². The zero-order valence-electron chi connectivity index (χ0n) is 13.1. The number of rotatable bonds is 0. The van der Waals surface area contributed by atoms with Gasteiger partial charge in [0.05, 0.1) is 0 Å². The van der Waals surface area contributed by atoms with Crippen LogP contribution in [0, 0.1) is 0 Å². The lowest BCUT2D eigenvalue weighted by Crippen LogP contribution is -2.33. The number of fused-ring (bicyclic) bond motifs is 6. The van der Waals surface area contributed by atoms with Crippen LogP contribution in [0.25, 0.3) is 0 Å². The van der Waals surface area contributed by atoms with Crippen LogP contribution >= 0.6 is 23.2 Å². The molecule has 0 atom stereocenters. The van der Waals surface area contributed by atoms with Gasteiger partial charge in [-0.05, 0) is 30.3 Å². The van der Waals surface area contributed by atoms with Crippen LogP contribution in [0.4, 0.5) is 0 Å². The largest absolute Gasteiger partial charge is 0.456 e. The molecule has 0 unspecified atom stereocenters. The predicted octanol–water partition coefficient (Wildman–Crippen LogP) is 5.11. The van der Waals surface area contributed by atoms with E-state index in [1.807, 2.05) is 0 Å². The highest BCUT2D eigenvalue weighted by Crippen LogP contribution is 2.58. The molecular weight excluding hydrogens is 395 g/mol. The van der Waals surface area contributed by atoms with Gasteiger partial charge < -0.3 is 4.74 Å². The predicted molar refractivity (Wildman–Crippen MR) is 97.6 cm³/mol. The third-order valence-electron chi connectivity index (χ3n) is 4.64. The van der Waals surface area contributed by atoms with Gasteiger partial charge in [-0.3, -0.25) is 0 Å². The highest BCUT2D eigenvalue weighted by atomic mass is 35.5. The molecule has 2 heterocycles. The molecule has 2 aliphatic heterocycles. The van der Waals surface area contributed by atoms with Gasteiger partial charge in [0.1, 0.15) is 16.4 Å². The Morgan fingerprint density at radius 3 is 1.96 bits per heavy atom. The maximum atomic E-state index is 12.8. The van der Waals surface area contributed by atoms with E-state index < -0.39 is 15.7 Å². The molecule has 2 aliphatic rings. The summed E-state index contributed by atoms with van der Waals surface area (Å²) in [6.45, 7) is 0. The molecular formula is C19H10Cl2O4S. The third kappa shape index (κ3) is 2.03. The Bertz CT molecular complexity index is 1140. The molecule has 1 spiro atoms. The molecule has 4 nitrogen and oxygen atoms in total. The van der Waals surface area contributed by atoms with Crippen molar-refractivity contribution in [3.8, 4) is 11.5 Å². The fraction of sp³-hybridized carbons (Fsp3) is 0.0526. The van der Waals surface area contributed by atoms with E-state index in [0.29, 0.717) is 38.2 Å². The maximum Gasteiger partial charge on any atom is 0.298 e. The van der Waals surface area contributed by atoms with E-state index in [9.17, 15) is 8.42 Å². The Hall–Kier alpha value is -2.05. The number of ether oxygens (including phenoxy) is 1. The molecule has 130 valence electrons. The van der Waals surface area contributed by atoms with Crippen molar-refractivity contribution in [2.45, 2.75) is 10.5 Å². The molecule has 0 aromatic heterocycles. The van der Waals surface area contributed by atoms with Crippen LogP contribution in [0.15, 0.2) is 65.6 Å². The molecule has 0 aliphatic carbocycles. The lowest BCUT2D eigenvalue weighted by molar-refractivity contribution is 0.164. The first-order valence-electron chi connectivity index (χ1n) is 7.75. The van der Waals surface area contributed by atoms with Crippen LogP contribution in [-0.4, -0.2) is 8.42 Å². The van der Waals surface area contributed by atoms with Gasteiger partial charge in [-0.2, -0.15) is 8.42 Å². The average molecular weight is 405 g/mol. The SMILES string of the molecule is O=S1(=O)OC2(c3ccc(Cl)cc3Oc3cc(Cl)ccc32)c2ccccc21. The average Bonchev–Trinajstić information content (AvgIpc) is 2.83. The minimum Gasteiger partial charge on any atom is -0.456 e. The fourth-order valence-corrected chi connectivity index (χ4v) is 5.36. The van der Waals surface area contributed by atoms with Crippen LogP contribution in [0.2, 0.25) is 10.0 Å². The summed E-state index contributed by atoms with van der Waals surface area (Å²) in [6, 6.07) is 16.8. The third-order valence-corrected chi connectivity index (χ3v) is 6.47. The summed E-state index contributed by atoms with van der Waals surface area (Å²) in [4.78, 5) is 0.142. The van der Waals surface area contributed by atoms with Crippen molar-refractivity contribution in [3.05, 3.63) is 87.4 Å². The molecule has 3 aromatic carbocycles. The summed E-state index contributed by atoms with van der Waals surface area (Å²) in [7, 11) is -3.94. The summed E-state index contributed by atoms with van der Waals surface area (Å²) in [5.41, 5.74) is 0.346. The zero-order chi connectivity index (χ0) is 18.1. The first-order valence-corrected chi connectivity index (χ1v) is 9.91. The smallest absolute Gasteiger partial charge is 0.298 e.